The fourth-order valence-corrected chi connectivity index (χ4v) is 2.21. The van der Waals surface area contributed by atoms with Gasteiger partial charge in [-0.2, -0.15) is 0 Å². The second-order valence-corrected chi connectivity index (χ2v) is 4.94. The molecule has 1 N–H and O–H groups in total. The summed E-state index contributed by atoms with van der Waals surface area (Å²) in [4.78, 5) is 5.30. The van der Waals surface area contributed by atoms with E-state index in [1.54, 1.807) is 24.0 Å². The van der Waals surface area contributed by atoms with Gasteiger partial charge in [0, 0.05) is 4.90 Å². The Kier molecular flexibility index (Phi) is 4.82. The number of aliphatic hydroxyl groups excluding tert-OH is 1. The minimum atomic E-state index is -0.507. The Morgan fingerprint density at radius 3 is 2.68 bits per heavy atom. The summed E-state index contributed by atoms with van der Waals surface area (Å²) < 4.78 is 5.80. The van der Waals surface area contributed by atoms with Crippen molar-refractivity contribution in [3.63, 3.8) is 0 Å². The van der Waals surface area contributed by atoms with Crippen molar-refractivity contribution in [2.75, 3.05) is 6.26 Å². The molecular weight excluding hydrogens is 258 g/mol. The van der Waals surface area contributed by atoms with Gasteiger partial charge in [-0.05, 0) is 36.9 Å². The topological polar surface area (TPSA) is 42.4 Å². The summed E-state index contributed by atoms with van der Waals surface area (Å²) in [5.74, 6) is 1.49. The number of ether oxygens (including phenoxy) is 1. The summed E-state index contributed by atoms with van der Waals surface area (Å²) in [6.07, 6.45) is 3.81. The minimum Gasteiger partial charge on any atom is -0.455 e. The van der Waals surface area contributed by atoms with Crippen LogP contribution in [-0.2, 0) is 0 Å². The largest absolute Gasteiger partial charge is 0.455 e. The van der Waals surface area contributed by atoms with Crippen LogP contribution in [0.2, 0.25) is 0 Å². The van der Waals surface area contributed by atoms with Crippen molar-refractivity contribution in [2.45, 2.75) is 24.3 Å². The molecule has 0 spiro atoms. The lowest BCUT2D eigenvalue weighted by Gasteiger charge is -2.11. The van der Waals surface area contributed by atoms with Crippen molar-refractivity contribution in [1.82, 2.24) is 4.98 Å². The molecule has 0 aliphatic rings. The standard InChI is InChI=1S/C15H17NO2S/c1-3-13(17)12-9-8-11(10-16-12)18-14-6-4-5-7-15(14)19-2/h4-10,13,17H,3H2,1-2H3/t13-/m0/s1. The molecule has 0 radical (unpaired) electrons. The van der Waals surface area contributed by atoms with Gasteiger partial charge in [0.25, 0.3) is 0 Å². The van der Waals surface area contributed by atoms with Crippen molar-refractivity contribution in [3.8, 4) is 11.5 Å². The van der Waals surface area contributed by atoms with E-state index in [0.29, 0.717) is 17.9 Å². The average molecular weight is 275 g/mol. The van der Waals surface area contributed by atoms with Gasteiger partial charge in [-0.1, -0.05) is 19.1 Å². The lowest BCUT2D eigenvalue weighted by molar-refractivity contribution is 0.169. The molecule has 2 aromatic rings. The highest BCUT2D eigenvalue weighted by molar-refractivity contribution is 7.98. The first kappa shape index (κ1) is 13.9. The number of nitrogens with zero attached hydrogens (tertiary/aromatic N) is 1. The van der Waals surface area contributed by atoms with Crippen molar-refractivity contribution in [2.24, 2.45) is 0 Å². The predicted octanol–water partition coefficient (Wildman–Crippen LogP) is 4.04. The van der Waals surface area contributed by atoms with Gasteiger partial charge >= 0.3 is 0 Å². The van der Waals surface area contributed by atoms with Gasteiger partial charge in [-0.3, -0.25) is 4.98 Å². The molecule has 4 heteroatoms. The monoisotopic (exact) mass is 275 g/mol. The van der Waals surface area contributed by atoms with Crippen LogP contribution in [0, 0.1) is 0 Å². The Hall–Kier alpha value is -1.52. The van der Waals surface area contributed by atoms with Crippen LogP contribution in [-0.4, -0.2) is 16.3 Å². The van der Waals surface area contributed by atoms with Crippen LogP contribution in [0.25, 0.3) is 0 Å². The lowest BCUT2D eigenvalue weighted by Crippen LogP contribution is -1.98. The van der Waals surface area contributed by atoms with Crippen LogP contribution in [0.15, 0.2) is 47.5 Å². The maximum atomic E-state index is 9.69. The summed E-state index contributed by atoms with van der Waals surface area (Å²) >= 11 is 1.64. The maximum absolute atomic E-state index is 9.69. The van der Waals surface area contributed by atoms with E-state index in [4.69, 9.17) is 4.74 Å². The van der Waals surface area contributed by atoms with Crippen LogP contribution in [0.3, 0.4) is 0 Å². The zero-order valence-electron chi connectivity index (χ0n) is 11.0. The van der Waals surface area contributed by atoms with E-state index in [1.165, 1.54) is 0 Å². The van der Waals surface area contributed by atoms with Crippen LogP contribution in [0.4, 0.5) is 0 Å². The highest BCUT2D eigenvalue weighted by atomic mass is 32.2. The van der Waals surface area contributed by atoms with E-state index >= 15 is 0 Å². The van der Waals surface area contributed by atoms with Gasteiger partial charge in [0.1, 0.15) is 11.5 Å². The molecule has 0 aliphatic carbocycles. The van der Waals surface area contributed by atoms with Gasteiger partial charge in [0.2, 0.25) is 0 Å². The minimum absolute atomic E-state index is 0.507. The third-order valence-electron chi connectivity index (χ3n) is 2.78. The zero-order valence-corrected chi connectivity index (χ0v) is 11.9. The molecule has 3 nitrogen and oxygen atoms in total. The molecule has 1 aromatic heterocycles. The fraction of sp³-hybridized carbons (Fsp3) is 0.267. The average Bonchev–Trinajstić information content (AvgIpc) is 2.48. The molecule has 19 heavy (non-hydrogen) atoms. The van der Waals surface area contributed by atoms with Gasteiger partial charge in [-0.25, -0.2) is 0 Å². The molecule has 1 atom stereocenters. The Morgan fingerprint density at radius 2 is 2.05 bits per heavy atom. The number of hydrogen-bond donors (Lipinski definition) is 1. The van der Waals surface area contributed by atoms with E-state index in [2.05, 4.69) is 4.98 Å². The van der Waals surface area contributed by atoms with E-state index in [-0.39, 0.29) is 0 Å². The highest BCUT2D eigenvalue weighted by Gasteiger charge is 2.07. The van der Waals surface area contributed by atoms with Crippen molar-refractivity contribution < 1.29 is 9.84 Å². The number of aromatic nitrogens is 1. The Bertz CT molecular complexity index is 528. The first-order valence-corrected chi connectivity index (χ1v) is 7.42. The predicted molar refractivity (Wildman–Crippen MR) is 77.8 cm³/mol. The molecule has 0 unspecified atom stereocenters. The molecular formula is C15H17NO2S. The molecule has 100 valence electrons. The van der Waals surface area contributed by atoms with Crippen molar-refractivity contribution in [3.05, 3.63) is 48.3 Å². The molecule has 0 bridgehead atoms. The molecule has 0 amide bonds. The van der Waals surface area contributed by atoms with Gasteiger partial charge < -0.3 is 9.84 Å². The Morgan fingerprint density at radius 1 is 1.26 bits per heavy atom. The summed E-state index contributed by atoms with van der Waals surface area (Å²) in [5, 5.41) is 9.69. The molecule has 0 fully saturated rings. The van der Waals surface area contributed by atoms with Crippen LogP contribution >= 0.6 is 11.8 Å². The quantitative estimate of drug-likeness (QED) is 0.836. The number of para-hydroxylation sites is 1. The summed E-state index contributed by atoms with van der Waals surface area (Å²) in [6.45, 7) is 1.92. The van der Waals surface area contributed by atoms with Crippen LogP contribution < -0.4 is 4.74 Å². The summed E-state index contributed by atoms with van der Waals surface area (Å²) in [7, 11) is 0. The first-order valence-electron chi connectivity index (χ1n) is 6.19. The van der Waals surface area contributed by atoms with Gasteiger partial charge in [0.05, 0.1) is 18.0 Å². The van der Waals surface area contributed by atoms with E-state index in [1.807, 2.05) is 43.5 Å². The molecule has 0 saturated heterocycles. The van der Waals surface area contributed by atoms with Crippen molar-refractivity contribution >= 4 is 11.8 Å². The molecule has 0 aliphatic heterocycles. The van der Waals surface area contributed by atoms with Crippen molar-refractivity contribution in [1.29, 1.82) is 0 Å². The van der Waals surface area contributed by atoms with E-state index in [9.17, 15) is 5.11 Å². The first-order chi connectivity index (χ1) is 9.24. The molecule has 0 saturated carbocycles. The number of rotatable bonds is 5. The second-order valence-electron chi connectivity index (χ2n) is 4.10. The fourth-order valence-electron chi connectivity index (χ4n) is 1.69. The number of hydrogen-bond acceptors (Lipinski definition) is 4. The smallest absolute Gasteiger partial charge is 0.145 e. The number of pyridine rings is 1. The normalized spacial score (nSPS) is 12.2. The SMILES string of the molecule is CC[C@H](O)c1ccc(Oc2ccccc2SC)cn1. The third-order valence-corrected chi connectivity index (χ3v) is 3.56. The highest BCUT2D eigenvalue weighted by Crippen LogP contribution is 2.31. The second kappa shape index (κ2) is 6.59. The number of aliphatic hydroxyl groups is 1. The molecule has 1 heterocycles. The lowest BCUT2D eigenvalue weighted by atomic mass is 10.2. The number of thioether (sulfide) groups is 1. The Balaban J connectivity index is 2.15. The summed E-state index contributed by atoms with van der Waals surface area (Å²) in [5.41, 5.74) is 0.674. The maximum Gasteiger partial charge on any atom is 0.145 e. The van der Waals surface area contributed by atoms with Crippen LogP contribution in [0.5, 0.6) is 11.5 Å². The summed E-state index contributed by atoms with van der Waals surface area (Å²) in [6, 6.07) is 11.5. The van der Waals surface area contributed by atoms with Gasteiger partial charge in [-0.15, -0.1) is 11.8 Å². The zero-order chi connectivity index (χ0) is 13.7. The van der Waals surface area contributed by atoms with Crippen LogP contribution in [0.1, 0.15) is 25.1 Å². The molecule has 1 aromatic carbocycles. The molecule has 2 rings (SSSR count). The number of benzene rings is 1. The Labute approximate surface area is 117 Å². The van der Waals surface area contributed by atoms with E-state index < -0.39 is 6.10 Å². The van der Waals surface area contributed by atoms with E-state index in [0.717, 1.165) is 10.6 Å². The van der Waals surface area contributed by atoms with Gasteiger partial charge in [0.15, 0.2) is 0 Å². The third kappa shape index (κ3) is 3.49.